The average molecular weight is 721 g/mol. The van der Waals surface area contributed by atoms with Gasteiger partial charge in [0, 0.05) is 38.5 Å². The van der Waals surface area contributed by atoms with Crippen molar-refractivity contribution in [3.63, 3.8) is 0 Å². The third-order valence-corrected chi connectivity index (χ3v) is 9.79. The fourth-order valence-electron chi connectivity index (χ4n) is 7.10. The number of esters is 5. The topological polar surface area (TPSA) is 172 Å². The van der Waals surface area contributed by atoms with Crippen molar-refractivity contribution in [2.24, 2.45) is 17.3 Å². The molecule has 12 nitrogen and oxygen atoms in total. The van der Waals surface area contributed by atoms with E-state index in [2.05, 4.69) is 0 Å². The van der Waals surface area contributed by atoms with E-state index in [-0.39, 0.29) is 17.5 Å². The van der Waals surface area contributed by atoms with E-state index in [0.717, 1.165) is 13.8 Å². The number of ether oxygens (including phenoxy) is 5. The van der Waals surface area contributed by atoms with Crippen LogP contribution in [0.15, 0.2) is 84.5 Å². The van der Waals surface area contributed by atoms with Crippen molar-refractivity contribution in [1.82, 2.24) is 0 Å². The lowest BCUT2D eigenvalue weighted by Crippen LogP contribution is -2.65. The van der Waals surface area contributed by atoms with Gasteiger partial charge in [-0.1, -0.05) is 75.4 Å². The van der Waals surface area contributed by atoms with Crippen LogP contribution in [0.25, 0.3) is 0 Å². The Hall–Kier alpha value is -4.81. The second-order valence-electron chi connectivity index (χ2n) is 14.4. The lowest BCUT2D eigenvalue weighted by atomic mass is 9.72. The van der Waals surface area contributed by atoms with E-state index in [1.807, 2.05) is 0 Å². The van der Waals surface area contributed by atoms with Gasteiger partial charge in [0.1, 0.15) is 30.0 Å². The Morgan fingerprint density at radius 3 is 1.75 bits per heavy atom. The van der Waals surface area contributed by atoms with Gasteiger partial charge in [0.15, 0.2) is 11.7 Å². The van der Waals surface area contributed by atoms with Crippen molar-refractivity contribution < 1.29 is 57.9 Å². The van der Waals surface area contributed by atoms with Crippen LogP contribution < -0.4 is 0 Å². The number of carbonyl (C=O) groups is 5. The molecule has 1 saturated carbocycles. The van der Waals surface area contributed by atoms with Gasteiger partial charge in [-0.15, -0.1) is 0 Å². The number of aliphatic hydroxyl groups is 2. The van der Waals surface area contributed by atoms with Crippen LogP contribution in [0.5, 0.6) is 0 Å². The van der Waals surface area contributed by atoms with Crippen molar-refractivity contribution in [3.05, 3.63) is 95.6 Å². The van der Waals surface area contributed by atoms with Gasteiger partial charge in [-0.3, -0.25) is 14.4 Å². The summed E-state index contributed by atoms with van der Waals surface area (Å²) in [5, 5.41) is 24.4. The smallest absolute Gasteiger partial charge is 0.338 e. The van der Waals surface area contributed by atoms with Crippen molar-refractivity contribution in [1.29, 1.82) is 0 Å². The monoisotopic (exact) mass is 720 g/mol. The molecule has 0 aliphatic heterocycles. The first-order valence-corrected chi connectivity index (χ1v) is 17.1. The molecule has 12 heteroatoms. The average Bonchev–Trinajstić information content (AvgIpc) is 3.27. The Labute approximate surface area is 303 Å². The van der Waals surface area contributed by atoms with E-state index in [4.69, 9.17) is 23.7 Å². The maximum absolute atomic E-state index is 13.6. The highest BCUT2D eigenvalue weighted by molar-refractivity contribution is 5.90. The van der Waals surface area contributed by atoms with Crippen molar-refractivity contribution in [3.8, 4) is 0 Å². The summed E-state index contributed by atoms with van der Waals surface area (Å²) in [6.45, 7) is 11.5. The van der Waals surface area contributed by atoms with Crippen LogP contribution in [-0.4, -0.2) is 81.8 Å². The molecule has 2 N–H and O–H groups in total. The third-order valence-electron chi connectivity index (χ3n) is 9.79. The zero-order chi connectivity index (χ0) is 38.6. The molecule has 52 heavy (non-hydrogen) atoms. The maximum Gasteiger partial charge on any atom is 0.338 e. The normalized spacial score (nSPS) is 33.0. The van der Waals surface area contributed by atoms with E-state index >= 15 is 0 Å². The molecule has 0 radical (unpaired) electrons. The molecule has 0 aromatic heterocycles. The second kappa shape index (κ2) is 15.8. The Kier molecular flexibility index (Phi) is 12.2. The molecule has 9 atom stereocenters. The summed E-state index contributed by atoms with van der Waals surface area (Å²) in [6, 6.07) is 16.4. The Morgan fingerprint density at radius 1 is 0.731 bits per heavy atom. The first kappa shape index (κ1) is 40.0. The number of rotatable bonds is 7. The molecule has 2 aromatic rings. The minimum atomic E-state index is -2.26. The Morgan fingerprint density at radius 2 is 1.25 bits per heavy atom. The quantitative estimate of drug-likeness (QED) is 0.225. The fraction of sp³-hybridized carbons (Fsp3) is 0.475. The molecule has 0 saturated heterocycles. The van der Waals surface area contributed by atoms with E-state index in [0.29, 0.717) is 5.57 Å². The van der Waals surface area contributed by atoms with Crippen molar-refractivity contribution in [2.45, 2.75) is 104 Å². The summed E-state index contributed by atoms with van der Waals surface area (Å²) in [6.07, 6.45) is -2.42. The van der Waals surface area contributed by atoms with Gasteiger partial charge < -0.3 is 33.9 Å². The minimum Gasteiger partial charge on any atom is -0.461 e. The lowest BCUT2D eigenvalue weighted by molar-refractivity contribution is -0.229. The molecule has 0 amide bonds. The zero-order valence-corrected chi connectivity index (χ0v) is 30.7. The zero-order valence-electron chi connectivity index (χ0n) is 30.7. The highest BCUT2D eigenvalue weighted by Gasteiger charge is 2.70. The van der Waals surface area contributed by atoms with Gasteiger partial charge in [-0.05, 0) is 43.7 Å². The minimum absolute atomic E-state index is 0.0623. The largest absolute Gasteiger partial charge is 0.461 e. The van der Waals surface area contributed by atoms with Crippen molar-refractivity contribution in [2.75, 3.05) is 0 Å². The van der Waals surface area contributed by atoms with E-state index in [1.54, 1.807) is 94.4 Å². The Bertz CT molecular complexity index is 1700. The third kappa shape index (κ3) is 8.62. The summed E-state index contributed by atoms with van der Waals surface area (Å²) in [7, 11) is 0. The van der Waals surface area contributed by atoms with Gasteiger partial charge in [0.2, 0.25) is 0 Å². The summed E-state index contributed by atoms with van der Waals surface area (Å²) in [4.78, 5) is 65.3. The predicted molar refractivity (Wildman–Crippen MR) is 187 cm³/mol. The van der Waals surface area contributed by atoms with Crippen LogP contribution in [0.3, 0.4) is 0 Å². The van der Waals surface area contributed by atoms with Gasteiger partial charge in [0.25, 0.3) is 0 Å². The number of hydrogen-bond donors (Lipinski definition) is 2. The number of hydrogen-bond acceptors (Lipinski definition) is 12. The summed E-state index contributed by atoms with van der Waals surface area (Å²) >= 11 is 0. The van der Waals surface area contributed by atoms with Crippen LogP contribution in [0.2, 0.25) is 0 Å². The first-order valence-electron chi connectivity index (χ1n) is 17.1. The van der Waals surface area contributed by atoms with Crippen LogP contribution in [-0.2, 0) is 38.1 Å². The summed E-state index contributed by atoms with van der Waals surface area (Å²) < 4.78 is 29.9. The highest BCUT2D eigenvalue weighted by atomic mass is 16.6. The highest BCUT2D eigenvalue weighted by Crippen LogP contribution is 2.52. The maximum atomic E-state index is 13.6. The molecular weight excluding hydrogens is 672 g/mol. The second-order valence-corrected chi connectivity index (χ2v) is 14.4. The van der Waals surface area contributed by atoms with Crippen LogP contribution in [0, 0.1) is 17.3 Å². The Balaban J connectivity index is 2.03. The summed E-state index contributed by atoms with van der Waals surface area (Å²) in [5.41, 5.74) is -4.69. The van der Waals surface area contributed by atoms with Crippen LogP contribution in [0.4, 0.5) is 0 Å². The first-order chi connectivity index (χ1) is 24.3. The molecule has 4 rings (SSSR count). The van der Waals surface area contributed by atoms with E-state index < -0.39 is 88.8 Å². The standard InChI is InChI=1S/C40H48O12/c1-23-21-30-33(51-36(45)29-17-13-10-14-18-29)24(2)34(49-26(4)42)40(30,52-27(5)43)37(46)39(8,47)20-19-38(6,7)32(48-25(3)41)22-31(23)50-35(44)28-15-11-9-12-16-28/h9-21,24,30-34,37,46-47H,22H2,1-8H3/b20-19+,23-21+/t24-,30+,31-,32-,33+,34+,37-,39-,40+/m1/s1. The van der Waals surface area contributed by atoms with Crippen LogP contribution in [0.1, 0.15) is 82.5 Å². The molecule has 0 unspecified atom stereocenters. The van der Waals surface area contributed by atoms with E-state index in [1.165, 1.54) is 26.0 Å². The molecular formula is C40H48O12. The summed E-state index contributed by atoms with van der Waals surface area (Å²) in [5.74, 6) is -5.94. The SMILES string of the molecule is CC(=O)O[C@@H]1C[C@@H](OC(=O)c2ccccc2)/C(C)=C/[C@H]2[C@@H](OC(=O)c3ccccc3)[C@@H](C)[C@H](OC(C)=O)[C@]2(OC(C)=O)[C@H](O)[C@](C)(O)/C=C/C1(C)C. The number of fused-ring (bicyclic) bond motifs is 1. The van der Waals surface area contributed by atoms with Gasteiger partial charge in [0.05, 0.1) is 17.0 Å². The molecule has 280 valence electrons. The lowest BCUT2D eigenvalue weighted by Gasteiger charge is -2.46. The number of carbonyl (C=O) groups excluding carboxylic acids is 5. The van der Waals surface area contributed by atoms with E-state index in [9.17, 15) is 34.2 Å². The molecule has 1 fully saturated rings. The van der Waals surface area contributed by atoms with Crippen molar-refractivity contribution >= 4 is 29.8 Å². The molecule has 2 aliphatic carbocycles. The fourth-order valence-corrected chi connectivity index (χ4v) is 7.10. The molecule has 0 heterocycles. The van der Waals surface area contributed by atoms with Gasteiger partial charge in [-0.2, -0.15) is 0 Å². The molecule has 0 bridgehead atoms. The van der Waals surface area contributed by atoms with Gasteiger partial charge in [-0.25, -0.2) is 9.59 Å². The predicted octanol–water partition coefficient (Wildman–Crippen LogP) is 4.91. The van der Waals surface area contributed by atoms with Crippen LogP contribution >= 0.6 is 0 Å². The molecule has 0 spiro atoms. The number of benzene rings is 2. The molecule has 2 aliphatic rings. The van der Waals surface area contributed by atoms with Gasteiger partial charge >= 0.3 is 29.8 Å². The number of aliphatic hydroxyl groups excluding tert-OH is 1. The molecule has 2 aromatic carbocycles.